The fourth-order valence-electron chi connectivity index (χ4n) is 4.05. The minimum Gasteiger partial charge on any atom is -0.373 e. The van der Waals surface area contributed by atoms with Crippen LogP contribution in [0, 0.1) is 0 Å². The van der Waals surface area contributed by atoms with Crippen molar-refractivity contribution in [1.82, 2.24) is 10.0 Å². The van der Waals surface area contributed by atoms with Crippen molar-refractivity contribution >= 4 is 15.9 Å². The van der Waals surface area contributed by atoms with Gasteiger partial charge in [0.1, 0.15) is 0 Å². The molecule has 1 spiro atoms. The van der Waals surface area contributed by atoms with E-state index in [1.807, 2.05) is 0 Å². The van der Waals surface area contributed by atoms with E-state index in [4.69, 9.17) is 4.74 Å². The molecule has 1 atom stereocenters. The molecule has 1 aromatic carbocycles. The number of benzene rings is 1. The molecule has 2 N–H and O–H groups in total. The lowest BCUT2D eigenvalue weighted by Gasteiger charge is -2.32. The average Bonchev–Trinajstić information content (AvgIpc) is 3.37. The summed E-state index contributed by atoms with van der Waals surface area (Å²) in [6.45, 7) is 0.418. The summed E-state index contributed by atoms with van der Waals surface area (Å²) in [5.74, 6) is -0.213. The van der Waals surface area contributed by atoms with Gasteiger partial charge in [0, 0.05) is 17.6 Å². The Morgan fingerprint density at radius 3 is 2.62 bits per heavy atom. The van der Waals surface area contributed by atoms with Crippen LogP contribution in [-0.4, -0.2) is 38.6 Å². The molecule has 1 aromatic rings. The van der Waals surface area contributed by atoms with Gasteiger partial charge in [-0.15, -0.1) is 0 Å². The van der Waals surface area contributed by atoms with E-state index in [0.29, 0.717) is 12.2 Å². The van der Waals surface area contributed by atoms with Crippen LogP contribution >= 0.6 is 0 Å². The molecule has 3 aliphatic rings. The lowest BCUT2D eigenvalue weighted by Crippen LogP contribution is -2.37. The first-order chi connectivity index (χ1) is 12.5. The van der Waals surface area contributed by atoms with E-state index in [-0.39, 0.29) is 28.5 Å². The fraction of sp³-hybridized carbons (Fsp3) is 0.632. The maximum absolute atomic E-state index is 12.8. The Morgan fingerprint density at radius 1 is 1.12 bits per heavy atom. The summed E-state index contributed by atoms with van der Waals surface area (Å²) in [6, 6.07) is 6.27. The minimum absolute atomic E-state index is 0.130. The number of nitrogens with one attached hydrogen (secondary N) is 2. The zero-order chi connectivity index (χ0) is 18.2. The highest BCUT2D eigenvalue weighted by atomic mass is 32.2. The fourth-order valence-corrected chi connectivity index (χ4v) is 5.32. The Hall–Kier alpha value is -1.44. The molecule has 1 amide bonds. The van der Waals surface area contributed by atoms with Crippen LogP contribution in [0.1, 0.15) is 61.7 Å². The second kappa shape index (κ2) is 6.94. The SMILES string of the molecule is O=C(NC1CC1)c1cccc(S(=O)(=O)N[C@H]2COC3(CCCCC3)C2)c1. The number of amides is 1. The molecule has 6 nitrogen and oxygen atoms in total. The summed E-state index contributed by atoms with van der Waals surface area (Å²) >= 11 is 0. The van der Waals surface area contributed by atoms with Crippen LogP contribution in [0.2, 0.25) is 0 Å². The van der Waals surface area contributed by atoms with Gasteiger partial charge in [0.2, 0.25) is 10.0 Å². The second-order valence-electron chi connectivity index (χ2n) is 7.85. The number of rotatable bonds is 5. The van der Waals surface area contributed by atoms with Crippen LogP contribution in [0.25, 0.3) is 0 Å². The highest BCUT2D eigenvalue weighted by Gasteiger charge is 2.42. The summed E-state index contributed by atoms with van der Waals surface area (Å²) in [7, 11) is -3.68. The van der Waals surface area contributed by atoms with Crippen molar-refractivity contribution in [2.75, 3.05) is 6.61 Å². The average molecular weight is 378 g/mol. The van der Waals surface area contributed by atoms with E-state index < -0.39 is 10.0 Å². The van der Waals surface area contributed by atoms with E-state index >= 15 is 0 Å². The van der Waals surface area contributed by atoms with Crippen LogP contribution in [0.5, 0.6) is 0 Å². The number of ether oxygens (including phenoxy) is 1. The molecule has 0 aromatic heterocycles. The quantitative estimate of drug-likeness (QED) is 0.824. The Morgan fingerprint density at radius 2 is 1.88 bits per heavy atom. The molecule has 0 bridgehead atoms. The molecular formula is C19H26N2O4S. The maximum Gasteiger partial charge on any atom is 0.251 e. The number of hydrogen-bond acceptors (Lipinski definition) is 4. The van der Waals surface area contributed by atoms with E-state index in [2.05, 4.69) is 10.0 Å². The van der Waals surface area contributed by atoms with Crippen molar-refractivity contribution in [3.8, 4) is 0 Å². The zero-order valence-electron chi connectivity index (χ0n) is 14.9. The molecule has 1 aliphatic heterocycles. The standard InChI is InChI=1S/C19H26N2O4S/c22-18(20-15-7-8-15)14-5-4-6-17(11-14)26(23,24)21-16-12-19(25-13-16)9-2-1-3-10-19/h4-6,11,15-16,21H,1-3,7-10,12-13H2,(H,20,22)/t16-/m1/s1. The van der Waals surface area contributed by atoms with Gasteiger partial charge in [0.25, 0.3) is 5.91 Å². The second-order valence-corrected chi connectivity index (χ2v) is 9.57. The minimum atomic E-state index is -3.68. The van der Waals surface area contributed by atoms with Crippen LogP contribution in [0.3, 0.4) is 0 Å². The molecule has 7 heteroatoms. The van der Waals surface area contributed by atoms with Crippen LogP contribution in [0.4, 0.5) is 0 Å². The molecule has 0 unspecified atom stereocenters. The van der Waals surface area contributed by atoms with Crippen molar-refractivity contribution in [3.05, 3.63) is 29.8 Å². The molecule has 26 heavy (non-hydrogen) atoms. The number of carbonyl (C=O) groups is 1. The molecule has 2 aliphatic carbocycles. The largest absolute Gasteiger partial charge is 0.373 e. The summed E-state index contributed by atoms with van der Waals surface area (Å²) in [5.41, 5.74) is 0.239. The Balaban J connectivity index is 1.44. The first kappa shape index (κ1) is 17.9. The van der Waals surface area contributed by atoms with Gasteiger partial charge in [0.05, 0.1) is 17.1 Å². The molecule has 0 radical (unpaired) electrons. The molecule has 4 rings (SSSR count). The van der Waals surface area contributed by atoms with E-state index in [9.17, 15) is 13.2 Å². The predicted molar refractivity (Wildman–Crippen MR) is 97.4 cm³/mol. The van der Waals surface area contributed by atoms with Gasteiger partial charge < -0.3 is 10.1 Å². The molecule has 2 saturated carbocycles. The lowest BCUT2D eigenvalue weighted by atomic mass is 9.82. The molecule has 1 heterocycles. The van der Waals surface area contributed by atoms with Gasteiger partial charge in [-0.3, -0.25) is 4.79 Å². The van der Waals surface area contributed by atoms with Crippen LogP contribution in [0.15, 0.2) is 29.2 Å². The zero-order valence-corrected chi connectivity index (χ0v) is 15.7. The smallest absolute Gasteiger partial charge is 0.251 e. The third-order valence-electron chi connectivity index (χ3n) is 5.61. The van der Waals surface area contributed by atoms with Gasteiger partial charge >= 0.3 is 0 Å². The highest BCUT2D eigenvalue weighted by molar-refractivity contribution is 7.89. The van der Waals surface area contributed by atoms with Crippen molar-refractivity contribution in [2.45, 2.75) is 73.9 Å². The normalized spacial score (nSPS) is 25.3. The summed E-state index contributed by atoms with van der Waals surface area (Å²) < 4.78 is 34.3. The molecule has 3 fully saturated rings. The maximum atomic E-state index is 12.8. The first-order valence-corrected chi connectivity index (χ1v) is 11.0. The topological polar surface area (TPSA) is 84.5 Å². The van der Waals surface area contributed by atoms with E-state index in [0.717, 1.165) is 44.9 Å². The van der Waals surface area contributed by atoms with Crippen molar-refractivity contribution in [1.29, 1.82) is 0 Å². The van der Waals surface area contributed by atoms with Gasteiger partial charge in [-0.05, 0) is 50.3 Å². The first-order valence-electron chi connectivity index (χ1n) is 9.53. The molecule has 1 saturated heterocycles. The molecular weight excluding hydrogens is 352 g/mol. The Labute approximate surface area is 154 Å². The van der Waals surface area contributed by atoms with E-state index in [1.165, 1.54) is 18.6 Å². The molecule has 142 valence electrons. The number of carbonyl (C=O) groups excluding carboxylic acids is 1. The van der Waals surface area contributed by atoms with Crippen LogP contribution < -0.4 is 10.0 Å². The third kappa shape index (κ3) is 3.94. The monoisotopic (exact) mass is 378 g/mol. The summed E-state index contributed by atoms with van der Waals surface area (Å²) in [4.78, 5) is 12.3. The van der Waals surface area contributed by atoms with Gasteiger partial charge in [-0.1, -0.05) is 25.3 Å². The van der Waals surface area contributed by atoms with Gasteiger partial charge in [-0.25, -0.2) is 13.1 Å². The van der Waals surface area contributed by atoms with Crippen molar-refractivity contribution in [2.24, 2.45) is 0 Å². The highest BCUT2D eigenvalue weighted by Crippen LogP contribution is 2.39. The Kier molecular flexibility index (Phi) is 4.79. The van der Waals surface area contributed by atoms with Crippen LogP contribution in [-0.2, 0) is 14.8 Å². The lowest BCUT2D eigenvalue weighted by molar-refractivity contribution is -0.0245. The predicted octanol–water partition coefficient (Wildman–Crippen LogP) is 2.35. The summed E-state index contributed by atoms with van der Waals surface area (Å²) in [6.07, 6.45) is 8.29. The third-order valence-corrected chi connectivity index (χ3v) is 7.13. The number of sulfonamides is 1. The Bertz CT molecular complexity index is 782. The van der Waals surface area contributed by atoms with Gasteiger partial charge in [-0.2, -0.15) is 0 Å². The van der Waals surface area contributed by atoms with Crippen molar-refractivity contribution < 1.29 is 17.9 Å². The summed E-state index contributed by atoms with van der Waals surface area (Å²) in [5, 5.41) is 2.89. The van der Waals surface area contributed by atoms with Crippen molar-refractivity contribution in [3.63, 3.8) is 0 Å². The number of hydrogen-bond donors (Lipinski definition) is 2. The van der Waals surface area contributed by atoms with Gasteiger partial charge in [0.15, 0.2) is 0 Å². The van der Waals surface area contributed by atoms with E-state index in [1.54, 1.807) is 12.1 Å².